The molecule has 4 rings (SSSR count). The summed E-state index contributed by atoms with van der Waals surface area (Å²) in [5.74, 6) is -1.91. The van der Waals surface area contributed by atoms with Crippen LogP contribution in [0.2, 0.25) is 0 Å². The highest BCUT2D eigenvalue weighted by Gasteiger charge is 2.45. The van der Waals surface area contributed by atoms with Gasteiger partial charge in [-0.05, 0) is 56.7 Å². The van der Waals surface area contributed by atoms with Gasteiger partial charge in [0.15, 0.2) is 11.9 Å². The van der Waals surface area contributed by atoms with Gasteiger partial charge in [-0.1, -0.05) is 54.6 Å². The number of ether oxygens (including phenoxy) is 2. The van der Waals surface area contributed by atoms with Gasteiger partial charge in [-0.2, -0.15) is 0 Å². The van der Waals surface area contributed by atoms with Crippen molar-refractivity contribution >= 4 is 17.8 Å². The van der Waals surface area contributed by atoms with Gasteiger partial charge < -0.3 is 14.6 Å². The van der Waals surface area contributed by atoms with Gasteiger partial charge in [-0.3, -0.25) is 9.69 Å². The fourth-order valence-electron chi connectivity index (χ4n) is 4.38. The van der Waals surface area contributed by atoms with Crippen molar-refractivity contribution in [1.82, 2.24) is 4.90 Å². The number of aryl methyl sites for hydroxylation is 1. The Morgan fingerprint density at radius 3 is 2.47 bits per heavy atom. The number of hydrogen-bond acceptors (Lipinski definition) is 6. The second kappa shape index (κ2) is 9.33. The number of Topliss-reactive ketones (excluding diaryl/α,β-unsaturated/α-hetero) is 1. The van der Waals surface area contributed by atoms with Crippen LogP contribution in [0.4, 0.5) is 4.79 Å². The van der Waals surface area contributed by atoms with Crippen LogP contribution in [0, 0.1) is 0 Å². The van der Waals surface area contributed by atoms with Crippen molar-refractivity contribution in [3.05, 3.63) is 82.6 Å². The molecule has 0 unspecified atom stereocenters. The van der Waals surface area contributed by atoms with Gasteiger partial charge in [0.2, 0.25) is 5.78 Å². The summed E-state index contributed by atoms with van der Waals surface area (Å²) in [5, 5.41) is 10.8. The third kappa shape index (κ3) is 4.83. The fraction of sp³-hybridized carbons (Fsp3) is 0.370. The maximum atomic E-state index is 13.7. The van der Waals surface area contributed by atoms with E-state index in [0.717, 1.165) is 11.1 Å². The van der Waals surface area contributed by atoms with Crippen molar-refractivity contribution < 1.29 is 29.0 Å². The van der Waals surface area contributed by atoms with E-state index < -0.39 is 41.2 Å². The third-order valence-corrected chi connectivity index (χ3v) is 5.96. The van der Waals surface area contributed by atoms with E-state index in [1.807, 2.05) is 42.5 Å². The monoisotopic (exact) mass is 463 g/mol. The Morgan fingerprint density at radius 1 is 1.09 bits per heavy atom. The third-order valence-electron chi connectivity index (χ3n) is 5.96. The van der Waals surface area contributed by atoms with Gasteiger partial charge in [-0.25, -0.2) is 9.59 Å². The molecule has 2 aromatic carbocycles. The molecule has 1 N–H and O–H groups in total. The second-order valence-corrected chi connectivity index (χ2v) is 9.57. The number of amides is 1. The molecule has 0 aliphatic carbocycles. The quantitative estimate of drug-likeness (QED) is 0.520. The maximum Gasteiger partial charge on any atom is 0.411 e. The van der Waals surface area contributed by atoms with Crippen molar-refractivity contribution in [2.45, 2.75) is 57.8 Å². The number of aliphatic hydroxyl groups is 1. The van der Waals surface area contributed by atoms with Crippen LogP contribution in [0.15, 0.2) is 65.9 Å². The molecule has 0 saturated heterocycles. The summed E-state index contributed by atoms with van der Waals surface area (Å²) in [6.45, 7) is 5.50. The minimum atomic E-state index is -1.09. The molecule has 2 aliphatic heterocycles. The summed E-state index contributed by atoms with van der Waals surface area (Å²) in [6, 6.07) is 15.8. The van der Waals surface area contributed by atoms with E-state index in [9.17, 15) is 19.5 Å². The zero-order valence-electron chi connectivity index (χ0n) is 19.6. The van der Waals surface area contributed by atoms with Crippen LogP contribution in [0.3, 0.4) is 0 Å². The number of rotatable bonds is 5. The van der Waals surface area contributed by atoms with E-state index in [1.165, 1.54) is 4.90 Å². The van der Waals surface area contributed by atoms with E-state index in [2.05, 4.69) is 0 Å². The molecule has 0 aromatic heterocycles. The Morgan fingerprint density at radius 2 is 1.76 bits per heavy atom. The summed E-state index contributed by atoms with van der Waals surface area (Å²) in [6.07, 6.45) is -0.0856. The van der Waals surface area contributed by atoms with Crippen molar-refractivity contribution in [2.24, 2.45) is 0 Å². The summed E-state index contributed by atoms with van der Waals surface area (Å²) >= 11 is 0. The summed E-state index contributed by atoms with van der Waals surface area (Å²) in [7, 11) is 0. The lowest BCUT2D eigenvalue weighted by Gasteiger charge is -2.37. The molecular formula is C27H29NO6. The van der Waals surface area contributed by atoms with Gasteiger partial charge in [0, 0.05) is 6.54 Å². The van der Waals surface area contributed by atoms with Crippen LogP contribution < -0.4 is 0 Å². The smallest absolute Gasteiger partial charge is 0.411 e. The highest BCUT2D eigenvalue weighted by molar-refractivity contribution is 6.21. The molecule has 0 radical (unpaired) electrons. The van der Waals surface area contributed by atoms with E-state index in [-0.39, 0.29) is 12.3 Å². The number of fused-ring (bicyclic) bond motifs is 1. The Kier molecular flexibility index (Phi) is 6.46. The number of ketones is 1. The minimum absolute atomic E-state index is 0.253. The lowest BCUT2D eigenvalue weighted by Crippen LogP contribution is -2.46. The Balaban J connectivity index is 1.64. The van der Waals surface area contributed by atoms with Crippen LogP contribution in [-0.4, -0.2) is 46.1 Å². The summed E-state index contributed by atoms with van der Waals surface area (Å²) in [4.78, 5) is 40.8. The summed E-state index contributed by atoms with van der Waals surface area (Å²) < 4.78 is 10.9. The number of hydrogen-bond donors (Lipinski definition) is 1. The predicted molar refractivity (Wildman–Crippen MR) is 125 cm³/mol. The molecule has 0 spiro atoms. The molecule has 0 saturated carbocycles. The van der Waals surface area contributed by atoms with E-state index in [1.54, 1.807) is 32.9 Å². The molecule has 2 heterocycles. The molecule has 34 heavy (non-hydrogen) atoms. The van der Waals surface area contributed by atoms with Gasteiger partial charge in [-0.15, -0.1) is 0 Å². The van der Waals surface area contributed by atoms with E-state index in [4.69, 9.17) is 9.47 Å². The average molecular weight is 464 g/mol. The standard InChI is InChI=1S/C27H29NO6/c1-27(2,3)34-26(32)28-16-15-18-11-7-8-12-19(18)22(28)24(30)21-23(29)20(33-25(21)31)14-13-17-9-5-4-6-10-17/h4-12,20,22,29H,13-16H2,1-3H3/t20-,22+/m1/s1. The minimum Gasteiger partial charge on any atom is -0.507 e. The average Bonchev–Trinajstić information content (AvgIpc) is 3.08. The number of carbonyl (C=O) groups is 3. The largest absolute Gasteiger partial charge is 0.507 e. The Bertz CT molecular complexity index is 1130. The molecular weight excluding hydrogens is 434 g/mol. The molecule has 7 nitrogen and oxygen atoms in total. The van der Waals surface area contributed by atoms with Gasteiger partial charge in [0.1, 0.15) is 17.2 Å². The number of esters is 1. The highest BCUT2D eigenvalue weighted by atomic mass is 16.6. The molecule has 7 heteroatoms. The van der Waals surface area contributed by atoms with Crippen LogP contribution >= 0.6 is 0 Å². The van der Waals surface area contributed by atoms with Crippen molar-refractivity contribution in [2.75, 3.05) is 6.54 Å². The molecule has 2 aromatic rings. The van der Waals surface area contributed by atoms with Gasteiger partial charge in [0.25, 0.3) is 0 Å². The fourth-order valence-corrected chi connectivity index (χ4v) is 4.38. The number of benzene rings is 2. The molecule has 2 atom stereocenters. The first-order valence-electron chi connectivity index (χ1n) is 11.5. The first-order valence-corrected chi connectivity index (χ1v) is 11.5. The number of cyclic esters (lactones) is 1. The van der Waals surface area contributed by atoms with Gasteiger partial charge in [0.05, 0.1) is 0 Å². The highest BCUT2D eigenvalue weighted by Crippen LogP contribution is 2.36. The van der Waals surface area contributed by atoms with Crippen LogP contribution in [-0.2, 0) is 31.9 Å². The second-order valence-electron chi connectivity index (χ2n) is 9.57. The van der Waals surface area contributed by atoms with Crippen LogP contribution in [0.5, 0.6) is 0 Å². The molecule has 0 fully saturated rings. The van der Waals surface area contributed by atoms with Crippen LogP contribution in [0.1, 0.15) is 49.9 Å². The Hall–Kier alpha value is -3.61. The molecule has 1 amide bonds. The molecule has 178 valence electrons. The zero-order chi connectivity index (χ0) is 24.5. The first-order chi connectivity index (χ1) is 16.2. The lowest BCUT2D eigenvalue weighted by molar-refractivity contribution is -0.141. The van der Waals surface area contributed by atoms with Crippen molar-refractivity contribution in [1.29, 1.82) is 0 Å². The normalized spacial score (nSPS) is 20.1. The molecule has 2 aliphatic rings. The van der Waals surface area contributed by atoms with E-state index in [0.29, 0.717) is 24.8 Å². The molecule has 0 bridgehead atoms. The van der Waals surface area contributed by atoms with Gasteiger partial charge >= 0.3 is 12.1 Å². The first kappa shape index (κ1) is 23.5. The number of nitrogens with zero attached hydrogens (tertiary/aromatic N) is 1. The van der Waals surface area contributed by atoms with Crippen molar-refractivity contribution in [3.8, 4) is 0 Å². The zero-order valence-corrected chi connectivity index (χ0v) is 19.6. The summed E-state index contributed by atoms with van der Waals surface area (Å²) in [5.41, 5.74) is 1.41. The maximum absolute atomic E-state index is 13.7. The predicted octanol–water partition coefficient (Wildman–Crippen LogP) is 4.46. The number of carbonyl (C=O) groups excluding carboxylic acids is 3. The van der Waals surface area contributed by atoms with Crippen LogP contribution in [0.25, 0.3) is 0 Å². The topological polar surface area (TPSA) is 93.1 Å². The SMILES string of the molecule is CC(C)(C)OC(=O)N1CCc2ccccc2[C@H]1C(=O)C1=C(O)[C@@H](CCc2ccccc2)OC1=O. The van der Waals surface area contributed by atoms with E-state index >= 15 is 0 Å². The Labute approximate surface area is 199 Å². The van der Waals surface area contributed by atoms with Crippen molar-refractivity contribution in [3.63, 3.8) is 0 Å². The lowest BCUT2D eigenvalue weighted by atomic mass is 9.87. The number of aliphatic hydroxyl groups excluding tert-OH is 1.